The second kappa shape index (κ2) is 6.58. The molecule has 2 aromatic rings. The molecule has 1 aliphatic heterocycles. The Bertz CT molecular complexity index is 831. The summed E-state index contributed by atoms with van der Waals surface area (Å²) in [6, 6.07) is 3.70. The number of aromatic nitrogens is 2. The van der Waals surface area contributed by atoms with Crippen molar-refractivity contribution in [3.8, 4) is 11.5 Å². The van der Waals surface area contributed by atoms with E-state index in [4.69, 9.17) is 15.2 Å². The predicted octanol–water partition coefficient (Wildman–Crippen LogP) is 0.463. The maximum absolute atomic E-state index is 11.6. The van der Waals surface area contributed by atoms with Gasteiger partial charge in [0.15, 0.2) is 11.5 Å². The molecule has 8 nitrogen and oxygen atoms in total. The van der Waals surface area contributed by atoms with Gasteiger partial charge >= 0.3 is 0 Å². The van der Waals surface area contributed by atoms with E-state index >= 15 is 0 Å². The molecule has 0 saturated heterocycles. The summed E-state index contributed by atoms with van der Waals surface area (Å²) >= 11 is 0. The lowest BCUT2D eigenvalue weighted by atomic mass is 10.2. The van der Waals surface area contributed by atoms with Gasteiger partial charge in [0.2, 0.25) is 10.0 Å². The van der Waals surface area contributed by atoms with Crippen LogP contribution in [0.15, 0.2) is 18.3 Å². The number of rotatable bonds is 6. The standard InChI is InChI=1S/C15H22N4O4S/c1-3-24(20,21)18-7-12-9-22-13-5-4-11-6-17-19(8-10(2)16)14(11)15(13)23-12/h4-6,10,12,18H,3,7-9,16H2,1-2H3/t10-,12-/m0/s1. The van der Waals surface area contributed by atoms with Crippen molar-refractivity contribution in [3.05, 3.63) is 18.3 Å². The van der Waals surface area contributed by atoms with Gasteiger partial charge in [0, 0.05) is 11.4 Å². The average Bonchev–Trinajstić information content (AvgIpc) is 2.95. The average molecular weight is 354 g/mol. The van der Waals surface area contributed by atoms with Gasteiger partial charge in [0.1, 0.15) is 18.2 Å². The second-order valence-corrected chi connectivity index (χ2v) is 8.03. The molecule has 3 N–H and O–H groups in total. The molecule has 2 heterocycles. The Morgan fingerprint density at radius 3 is 3.00 bits per heavy atom. The largest absolute Gasteiger partial charge is 0.486 e. The van der Waals surface area contributed by atoms with E-state index < -0.39 is 16.1 Å². The molecule has 0 amide bonds. The molecule has 0 radical (unpaired) electrons. The summed E-state index contributed by atoms with van der Waals surface area (Å²) in [6.45, 7) is 4.49. The summed E-state index contributed by atoms with van der Waals surface area (Å²) in [6.07, 6.45) is 1.35. The van der Waals surface area contributed by atoms with Gasteiger partial charge in [-0.25, -0.2) is 13.1 Å². The van der Waals surface area contributed by atoms with Gasteiger partial charge in [0.25, 0.3) is 0 Å². The van der Waals surface area contributed by atoms with Gasteiger partial charge < -0.3 is 15.2 Å². The first-order valence-electron chi connectivity index (χ1n) is 7.90. The van der Waals surface area contributed by atoms with Crippen molar-refractivity contribution in [3.63, 3.8) is 0 Å². The molecule has 24 heavy (non-hydrogen) atoms. The fourth-order valence-corrected chi connectivity index (χ4v) is 3.22. The zero-order valence-electron chi connectivity index (χ0n) is 13.7. The van der Waals surface area contributed by atoms with Crippen LogP contribution < -0.4 is 19.9 Å². The first kappa shape index (κ1) is 17.0. The first-order valence-corrected chi connectivity index (χ1v) is 9.55. The molecule has 0 spiro atoms. The minimum Gasteiger partial charge on any atom is -0.486 e. The number of ether oxygens (including phenoxy) is 2. The number of hydrogen-bond acceptors (Lipinski definition) is 6. The highest BCUT2D eigenvalue weighted by Crippen LogP contribution is 2.38. The molecule has 0 fully saturated rings. The predicted molar refractivity (Wildman–Crippen MR) is 90.8 cm³/mol. The highest BCUT2D eigenvalue weighted by molar-refractivity contribution is 7.89. The molecule has 0 saturated carbocycles. The number of hydrogen-bond donors (Lipinski definition) is 2. The summed E-state index contributed by atoms with van der Waals surface area (Å²) in [5.74, 6) is 1.24. The maximum atomic E-state index is 11.6. The molecular formula is C15H22N4O4S. The Morgan fingerprint density at radius 2 is 2.29 bits per heavy atom. The quantitative estimate of drug-likeness (QED) is 0.780. The topological polar surface area (TPSA) is 108 Å². The van der Waals surface area contributed by atoms with Crippen LogP contribution in [0.3, 0.4) is 0 Å². The highest BCUT2D eigenvalue weighted by atomic mass is 32.2. The van der Waals surface area contributed by atoms with Crippen LogP contribution in [-0.2, 0) is 16.6 Å². The SMILES string of the molecule is CCS(=O)(=O)NC[C@H]1COc2ccc3cnn(C[C@H](C)N)c3c2O1. The molecule has 0 aliphatic carbocycles. The van der Waals surface area contributed by atoms with Crippen LogP contribution >= 0.6 is 0 Å². The van der Waals surface area contributed by atoms with Crippen LogP contribution in [0.5, 0.6) is 11.5 Å². The Balaban J connectivity index is 1.87. The van der Waals surface area contributed by atoms with Crippen molar-refractivity contribution in [2.24, 2.45) is 5.73 Å². The van der Waals surface area contributed by atoms with Crippen LogP contribution in [-0.4, -0.2) is 49.2 Å². The van der Waals surface area contributed by atoms with Crippen molar-refractivity contribution in [1.29, 1.82) is 0 Å². The van der Waals surface area contributed by atoms with Crippen molar-refractivity contribution in [2.45, 2.75) is 32.5 Å². The van der Waals surface area contributed by atoms with Crippen molar-refractivity contribution < 1.29 is 17.9 Å². The zero-order chi connectivity index (χ0) is 17.3. The molecule has 1 aliphatic rings. The second-order valence-electron chi connectivity index (χ2n) is 5.94. The Labute approximate surface area is 141 Å². The van der Waals surface area contributed by atoms with Crippen LogP contribution in [0.2, 0.25) is 0 Å². The molecule has 3 rings (SSSR count). The summed E-state index contributed by atoms with van der Waals surface area (Å²) in [7, 11) is -3.27. The lowest BCUT2D eigenvalue weighted by molar-refractivity contribution is 0.0957. The number of nitrogens with two attached hydrogens (primary N) is 1. The molecular weight excluding hydrogens is 332 g/mol. The van der Waals surface area contributed by atoms with Crippen molar-refractivity contribution >= 4 is 20.9 Å². The Morgan fingerprint density at radius 1 is 1.50 bits per heavy atom. The van der Waals surface area contributed by atoms with E-state index in [0.29, 0.717) is 18.0 Å². The van der Waals surface area contributed by atoms with Gasteiger partial charge in [-0.3, -0.25) is 4.68 Å². The molecule has 9 heteroatoms. The van der Waals surface area contributed by atoms with Crippen molar-refractivity contribution in [1.82, 2.24) is 14.5 Å². The van der Waals surface area contributed by atoms with Crippen LogP contribution in [0.1, 0.15) is 13.8 Å². The fraction of sp³-hybridized carbons (Fsp3) is 0.533. The van der Waals surface area contributed by atoms with Gasteiger partial charge in [0.05, 0.1) is 25.0 Å². The number of nitrogens with zero attached hydrogens (tertiary/aromatic N) is 2. The lowest BCUT2D eigenvalue weighted by Gasteiger charge is -2.27. The van der Waals surface area contributed by atoms with E-state index in [1.54, 1.807) is 17.8 Å². The summed E-state index contributed by atoms with van der Waals surface area (Å²) < 4.78 is 39.3. The number of nitrogens with one attached hydrogen (secondary N) is 1. The molecule has 1 aromatic carbocycles. The molecule has 0 unspecified atom stereocenters. The van der Waals surface area contributed by atoms with E-state index in [1.807, 2.05) is 19.1 Å². The van der Waals surface area contributed by atoms with Gasteiger partial charge in [-0.05, 0) is 26.0 Å². The molecule has 132 valence electrons. The third-order valence-corrected chi connectivity index (χ3v) is 5.17. The summed E-state index contributed by atoms with van der Waals surface area (Å²) in [5.41, 5.74) is 6.69. The maximum Gasteiger partial charge on any atom is 0.211 e. The fourth-order valence-electron chi connectivity index (χ4n) is 2.57. The number of benzene rings is 1. The van der Waals surface area contributed by atoms with Gasteiger partial charge in [-0.15, -0.1) is 0 Å². The third kappa shape index (κ3) is 3.47. The minimum atomic E-state index is -3.27. The van der Waals surface area contributed by atoms with Crippen LogP contribution in [0, 0.1) is 0 Å². The summed E-state index contributed by atoms with van der Waals surface area (Å²) in [5, 5.41) is 5.28. The molecule has 0 bridgehead atoms. The van der Waals surface area contributed by atoms with E-state index in [1.165, 1.54) is 0 Å². The lowest BCUT2D eigenvalue weighted by Crippen LogP contribution is -2.41. The number of sulfonamides is 1. The zero-order valence-corrected chi connectivity index (χ0v) is 14.5. The normalized spacial score (nSPS) is 18.7. The van der Waals surface area contributed by atoms with E-state index in [9.17, 15) is 8.42 Å². The van der Waals surface area contributed by atoms with Gasteiger partial charge in [-0.1, -0.05) is 0 Å². The highest BCUT2D eigenvalue weighted by Gasteiger charge is 2.26. The minimum absolute atomic E-state index is 0.0303. The van der Waals surface area contributed by atoms with E-state index in [0.717, 1.165) is 10.9 Å². The van der Waals surface area contributed by atoms with Crippen LogP contribution in [0.4, 0.5) is 0 Å². The monoisotopic (exact) mass is 354 g/mol. The van der Waals surface area contributed by atoms with E-state index in [-0.39, 0.29) is 24.9 Å². The van der Waals surface area contributed by atoms with Crippen molar-refractivity contribution in [2.75, 3.05) is 18.9 Å². The Hall–Kier alpha value is -1.84. The molecule has 1 aromatic heterocycles. The van der Waals surface area contributed by atoms with E-state index in [2.05, 4.69) is 9.82 Å². The Kier molecular flexibility index (Phi) is 4.66. The number of fused-ring (bicyclic) bond motifs is 3. The smallest absolute Gasteiger partial charge is 0.211 e. The summed E-state index contributed by atoms with van der Waals surface area (Å²) in [4.78, 5) is 0. The third-order valence-electron chi connectivity index (χ3n) is 3.80. The van der Waals surface area contributed by atoms with Gasteiger partial charge in [-0.2, -0.15) is 5.10 Å². The molecule has 2 atom stereocenters. The first-order chi connectivity index (χ1) is 11.4. The van der Waals surface area contributed by atoms with Crippen LogP contribution in [0.25, 0.3) is 10.9 Å².